The van der Waals surface area contributed by atoms with Crippen molar-refractivity contribution in [1.82, 2.24) is 5.16 Å². The molecule has 1 heterocycles. The number of nitrogen functional groups attached to an aromatic ring is 1. The molecule has 1 aromatic heterocycles. The lowest BCUT2D eigenvalue weighted by atomic mass is 9.97. The van der Waals surface area contributed by atoms with Gasteiger partial charge in [-0.3, -0.25) is 0 Å². The Morgan fingerprint density at radius 2 is 1.74 bits per heavy atom. The molecule has 5 heteroatoms. The first-order valence-corrected chi connectivity index (χ1v) is 6.06. The fourth-order valence-electron chi connectivity index (χ4n) is 2.13. The summed E-state index contributed by atoms with van der Waals surface area (Å²) in [5.74, 6) is 1.87. The molecule has 0 saturated heterocycles. The molecule has 0 bridgehead atoms. The minimum atomic E-state index is 0.191. The second kappa shape index (κ2) is 5.22. The first-order valence-electron chi connectivity index (χ1n) is 6.06. The summed E-state index contributed by atoms with van der Waals surface area (Å²) < 4.78 is 15.9. The van der Waals surface area contributed by atoms with Crippen molar-refractivity contribution in [3.63, 3.8) is 0 Å². The maximum atomic E-state index is 5.85. The highest BCUT2D eigenvalue weighted by atomic mass is 16.5. The zero-order chi connectivity index (χ0) is 14.0. The Bertz CT molecular complexity index is 554. The van der Waals surface area contributed by atoms with Gasteiger partial charge in [0.05, 0.1) is 19.8 Å². The molecule has 0 saturated carbocycles. The summed E-state index contributed by atoms with van der Waals surface area (Å²) in [6, 6.07) is 5.57. The monoisotopic (exact) mass is 262 g/mol. The van der Waals surface area contributed by atoms with E-state index in [2.05, 4.69) is 5.16 Å². The number of ether oxygens (including phenoxy) is 2. The van der Waals surface area contributed by atoms with Crippen LogP contribution in [0.4, 0.5) is 5.88 Å². The zero-order valence-corrected chi connectivity index (χ0v) is 11.6. The Morgan fingerprint density at radius 1 is 1.16 bits per heavy atom. The molecule has 0 fully saturated rings. The van der Waals surface area contributed by atoms with Crippen molar-refractivity contribution in [2.24, 2.45) is 0 Å². The van der Waals surface area contributed by atoms with Gasteiger partial charge in [-0.15, -0.1) is 0 Å². The molecule has 0 aliphatic rings. The van der Waals surface area contributed by atoms with Crippen molar-refractivity contribution < 1.29 is 14.0 Å². The van der Waals surface area contributed by atoms with Gasteiger partial charge in [-0.05, 0) is 18.1 Å². The number of hydrogen-bond acceptors (Lipinski definition) is 5. The molecule has 2 aromatic rings. The summed E-state index contributed by atoms with van der Waals surface area (Å²) in [7, 11) is 3.22. The van der Waals surface area contributed by atoms with E-state index in [1.807, 2.05) is 32.0 Å². The minimum absolute atomic E-state index is 0.191. The molecule has 0 radical (unpaired) electrons. The maximum absolute atomic E-state index is 5.85. The predicted octanol–water partition coefficient (Wildman–Crippen LogP) is 3.06. The van der Waals surface area contributed by atoms with Gasteiger partial charge in [-0.25, -0.2) is 0 Å². The first-order chi connectivity index (χ1) is 9.10. The van der Waals surface area contributed by atoms with E-state index in [9.17, 15) is 0 Å². The number of hydrogen-bond donors (Lipinski definition) is 1. The van der Waals surface area contributed by atoms with Gasteiger partial charge in [0.1, 0.15) is 17.2 Å². The highest BCUT2D eigenvalue weighted by molar-refractivity contribution is 5.78. The normalized spacial score (nSPS) is 10.8. The van der Waals surface area contributed by atoms with Crippen molar-refractivity contribution in [2.75, 3.05) is 20.0 Å². The Kier molecular flexibility index (Phi) is 3.64. The topological polar surface area (TPSA) is 70.5 Å². The van der Waals surface area contributed by atoms with Crippen LogP contribution in [0.25, 0.3) is 11.3 Å². The van der Waals surface area contributed by atoms with Gasteiger partial charge in [0.25, 0.3) is 0 Å². The number of nitrogens with zero attached hydrogens (tertiary/aromatic N) is 1. The summed E-state index contributed by atoms with van der Waals surface area (Å²) in [6.07, 6.45) is 0. The summed E-state index contributed by atoms with van der Waals surface area (Å²) >= 11 is 0. The molecule has 2 rings (SSSR count). The van der Waals surface area contributed by atoms with Crippen LogP contribution >= 0.6 is 0 Å². The molecule has 2 N–H and O–H groups in total. The van der Waals surface area contributed by atoms with Gasteiger partial charge in [-0.2, -0.15) is 0 Å². The molecule has 0 spiro atoms. The van der Waals surface area contributed by atoms with E-state index >= 15 is 0 Å². The predicted molar refractivity (Wildman–Crippen MR) is 73.5 cm³/mol. The number of aromatic nitrogens is 1. The molecule has 0 atom stereocenters. The molecule has 0 unspecified atom stereocenters. The quantitative estimate of drug-likeness (QED) is 0.916. The standard InChI is InChI=1S/C14H18N2O3/c1-8(2)11-13(16-19-14(11)15)12-9(17-3)6-5-7-10(12)18-4/h5-8H,15H2,1-4H3. The van der Waals surface area contributed by atoms with E-state index in [0.29, 0.717) is 23.1 Å². The average Bonchev–Trinajstić information content (AvgIpc) is 2.79. The van der Waals surface area contributed by atoms with Gasteiger partial charge in [0.2, 0.25) is 5.88 Å². The lowest BCUT2D eigenvalue weighted by Crippen LogP contribution is -1.98. The molecular formula is C14H18N2O3. The average molecular weight is 262 g/mol. The van der Waals surface area contributed by atoms with Gasteiger partial charge < -0.3 is 19.7 Å². The van der Waals surface area contributed by atoms with Crippen LogP contribution in [0.2, 0.25) is 0 Å². The lowest BCUT2D eigenvalue weighted by Gasteiger charge is -2.13. The fraction of sp³-hybridized carbons (Fsp3) is 0.357. The van der Waals surface area contributed by atoms with E-state index < -0.39 is 0 Å². The van der Waals surface area contributed by atoms with Gasteiger partial charge >= 0.3 is 0 Å². The summed E-state index contributed by atoms with van der Waals surface area (Å²) in [5, 5.41) is 4.06. The lowest BCUT2D eigenvalue weighted by molar-refractivity contribution is 0.395. The molecule has 1 aromatic carbocycles. The van der Waals surface area contributed by atoms with Crippen LogP contribution in [0, 0.1) is 0 Å². The van der Waals surface area contributed by atoms with Crippen LogP contribution in [-0.2, 0) is 0 Å². The maximum Gasteiger partial charge on any atom is 0.226 e. The van der Waals surface area contributed by atoms with E-state index in [-0.39, 0.29) is 5.92 Å². The van der Waals surface area contributed by atoms with Crippen LogP contribution in [0.3, 0.4) is 0 Å². The van der Waals surface area contributed by atoms with Gasteiger partial charge in [0.15, 0.2) is 0 Å². The third kappa shape index (κ3) is 2.23. The van der Waals surface area contributed by atoms with E-state index in [1.54, 1.807) is 14.2 Å². The molecule has 5 nitrogen and oxygen atoms in total. The highest BCUT2D eigenvalue weighted by Gasteiger charge is 2.24. The van der Waals surface area contributed by atoms with Crippen molar-refractivity contribution in [2.45, 2.75) is 19.8 Å². The van der Waals surface area contributed by atoms with Crippen molar-refractivity contribution in [3.8, 4) is 22.8 Å². The van der Waals surface area contributed by atoms with E-state index in [0.717, 1.165) is 11.1 Å². The minimum Gasteiger partial charge on any atom is -0.496 e. The third-order valence-electron chi connectivity index (χ3n) is 3.00. The van der Waals surface area contributed by atoms with E-state index in [4.69, 9.17) is 19.7 Å². The molecule has 0 aliphatic heterocycles. The summed E-state index contributed by atoms with van der Waals surface area (Å²) in [6.45, 7) is 4.07. The zero-order valence-electron chi connectivity index (χ0n) is 11.6. The van der Waals surface area contributed by atoms with Crippen LogP contribution in [-0.4, -0.2) is 19.4 Å². The number of anilines is 1. The van der Waals surface area contributed by atoms with Crippen molar-refractivity contribution in [1.29, 1.82) is 0 Å². The summed E-state index contributed by atoms with van der Waals surface area (Å²) in [4.78, 5) is 0. The molecular weight excluding hydrogens is 244 g/mol. The SMILES string of the molecule is COc1cccc(OC)c1-c1noc(N)c1C(C)C. The van der Waals surface area contributed by atoms with Gasteiger partial charge in [-0.1, -0.05) is 25.1 Å². The van der Waals surface area contributed by atoms with Crippen molar-refractivity contribution in [3.05, 3.63) is 23.8 Å². The largest absolute Gasteiger partial charge is 0.496 e. The smallest absolute Gasteiger partial charge is 0.226 e. The van der Waals surface area contributed by atoms with Crippen LogP contribution in [0.5, 0.6) is 11.5 Å². The van der Waals surface area contributed by atoms with Crippen LogP contribution < -0.4 is 15.2 Å². The first kappa shape index (κ1) is 13.3. The Balaban J connectivity index is 2.71. The summed E-state index contributed by atoms with van der Waals surface area (Å²) in [5.41, 5.74) is 8.14. The second-order valence-electron chi connectivity index (χ2n) is 4.50. The van der Waals surface area contributed by atoms with Crippen LogP contribution in [0.1, 0.15) is 25.3 Å². The Hall–Kier alpha value is -2.17. The second-order valence-corrected chi connectivity index (χ2v) is 4.50. The van der Waals surface area contributed by atoms with Gasteiger partial charge in [0, 0.05) is 5.56 Å². The molecule has 19 heavy (non-hydrogen) atoms. The molecule has 0 aliphatic carbocycles. The van der Waals surface area contributed by atoms with Crippen LogP contribution in [0.15, 0.2) is 22.7 Å². The van der Waals surface area contributed by atoms with Crippen molar-refractivity contribution >= 4 is 5.88 Å². The highest BCUT2D eigenvalue weighted by Crippen LogP contribution is 2.42. The fourth-order valence-corrected chi connectivity index (χ4v) is 2.13. The Morgan fingerprint density at radius 3 is 2.21 bits per heavy atom. The van der Waals surface area contributed by atoms with E-state index in [1.165, 1.54) is 0 Å². The number of rotatable bonds is 4. The number of benzene rings is 1. The number of nitrogens with two attached hydrogens (primary N) is 1. The number of methoxy groups -OCH3 is 2. The Labute approximate surface area is 112 Å². The third-order valence-corrected chi connectivity index (χ3v) is 3.00. The molecule has 0 amide bonds. The molecule has 102 valence electrons.